The van der Waals surface area contributed by atoms with Crippen LogP contribution >= 0.6 is 0 Å². The van der Waals surface area contributed by atoms with E-state index in [1.54, 1.807) is 13.8 Å². The van der Waals surface area contributed by atoms with Crippen LogP contribution in [-0.4, -0.2) is 79.9 Å². The first-order valence-corrected chi connectivity index (χ1v) is 10.7. The number of nitrogens with one attached hydrogen (secondary N) is 4. The summed E-state index contributed by atoms with van der Waals surface area (Å²) in [4.78, 5) is 78.2. The summed E-state index contributed by atoms with van der Waals surface area (Å²) in [6.45, 7) is 3.43. The van der Waals surface area contributed by atoms with Crippen LogP contribution in [0.2, 0.25) is 0 Å². The molecule has 0 aliphatic heterocycles. The van der Waals surface area contributed by atoms with Gasteiger partial charge < -0.3 is 42.6 Å². The molecule has 0 saturated heterocycles. The average Bonchev–Trinajstić information content (AvgIpc) is 3.27. The van der Waals surface area contributed by atoms with Gasteiger partial charge in [0.15, 0.2) is 0 Å². The number of nitrogens with two attached hydrogens (primary N) is 2. The minimum atomic E-state index is -1.74. The predicted molar refractivity (Wildman–Crippen MR) is 119 cm³/mol. The van der Waals surface area contributed by atoms with Crippen molar-refractivity contribution in [1.82, 2.24) is 25.9 Å². The molecule has 194 valence electrons. The van der Waals surface area contributed by atoms with Crippen LogP contribution < -0.4 is 27.4 Å². The molecule has 0 radical (unpaired) electrons. The van der Waals surface area contributed by atoms with Crippen molar-refractivity contribution in [3.05, 3.63) is 18.2 Å². The molecule has 5 atom stereocenters. The minimum Gasteiger partial charge on any atom is -0.481 e. The Bertz CT molecular complexity index is 921. The number of amides is 4. The summed E-state index contributed by atoms with van der Waals surface area (Å²) >= 11 is 0. The largest absolute Gasteiger partial charge is 0.481 e. The molecule has 0 aromatic carbocycles. The summed E-state index contributed by atoms with van der Waals surface area (Å²) < 4.78 is 0. The zero-order valence-electron chi connectivity index (χ0n) is 19.3. The van der Waals surface area contributed by atoms with E-state index in [1.165, 1.54) is 12.5 Å². The lowest BCUT2D eigenvalue weighted by molar-refractivity contribution is -0.147. The van der Waals surface area contributed by atoms with Crippen LogP contribution in [0.25, 0.3) is 0 Å². The molecule has 10 N–H and O–H groups in total. The average molecular weight is 498 g/mol. The van der Waals surface area contributed by atoms with Crippen molar-refractivity contribution in [3.63, 3.8) is 0 Å². The monoisotopic (exact) mass is 497 g/mol. The van der Waals surface area contributed by atoms with Crippen LogP contribution in [0, 0.1) is 5.92 Å². The van der Waals surface area contributed by atoms with Gasteiger partial charge in [-0.3, -0.25) is 24.0 Å². The van der Waals surface area contributed by atoms with Gasteiger partial charge in [-0.05, 0) is 5.92 Å². The molecule has 0 aliphatic rings. The lowest BCUT2D eigenvalue weighted by Gasteiger charge is -2.27. The van der Waals surface area contributed by atoms with E-state index < -0.39 is 78.5 Å². The zero-order chi connectivity index (χ0) is 26.7. The Morgan fingerprint density at radius 3 is 2.11 bits per heavy atom. The normalized spacial score (nSPS) is 15.1. The molecule has 1 aromatic rings. The van der Waals surface area contributed by atoms with Gasteiger partial charge in [0.25, 0.3) is 0 Å². The Morgan fingerprint density at radius 2 is 1.63 bits per heavy atom. The summed E-state index contributed by atoms with van der Waals surface area (Å²) in [5, 5.41) is 25.2. The summed E-state index contributed by atoms with van der Waals surface area (Å²) in [5.41, 5.74) is 11.1. The van der Waals surface area contributed by atoms with Crippen LogP contribution in [0.15, 0.2) is 12.5 Å². The van der Waals surface area contributed by atoms with Crippen LogP contribution in [0.1, 0.15) is 38.8 Å². The fourth-order valence-electron chi connectivity index (χ4n) is 3.01. The molecule has 15 heteroatoms. The van der Waals surface area contributed by atoms with Crippen molar-refractivity contribution < 1.29 is 39.0 Å². The molecule has 4 amide bonds. The molecule has 1 rings (SSSR count). The number of carboxylic acid groups (broad SMARTS) is 2. The van der Waals surface area contributed by atoms with Crippen LogP contribution in [0.4, 0.5) is 0 Å². The van der Waals surface area contributed by atoms with Crippen molar-refractivity contribution in [3.8, 4) is 0 Å². The van der Waals surface area contributed by atoms with E-state index in [0.717, 1.165) is 0 Å². The number of rotatable bonds is 15. The summed E-state index contributed by atoms with van der Waals surface area (Å²) in [6.07, 6.45) is 1.70. The van der Waals surface area contributed by atoms with E-state index in [-0.39, 0.29) is 6.42 Å². The topological polar surface area (TPSA) is 260 Å². The van der Waals surface area contributed by atoms with E-state index in [1.807, 2.05) is 0 Å². The van der Waals surface area contributed by atoms with E-state index in [0.29, 0.717) is 12.1 Å². The molecule has 0 spiro atoms. The van der Waals surface area contributed by atoms with Gasteiger partial charge in [-0.1, -0.05) is 20.3 Å². The first-order valence-electron chi connectivity index (χ1n) is 10.7. The van der Waals surface area contributed by atoms with Gasteiger partial charge in [0, 0.05) is 18.3 Å². The number of aromatic amines is 1. The number of carboxylic acids is 2. The van der Waals surface area contributed by atoms with Gasteiger partial charge in [0.2, 0.25) is 23.6 Å². The summed E-state index contributed by atoms with van der Waals surface area (Å²) in [6, 6.07) is -5.53. The molecular weight excluding hydrogens is 466 g/mol. The van der Waals surface area contributed by atoms with E-state index >= 15 is 0 Å². The number of aromatic nitrogens is 2. The first-order chi connectivity index (χ1) is 16.3. The third-order valence-corrected chi connectivity index (χ3v) is 5.16. The Morgan fingerprint density at radius 1 is 1.00 bits per heavy atom. The van der Waals surface area contributed by atoms with Gasteiger partial charge >= 0.3 is 11.9 Å². The number of nitrogens with zero attached hydrogens (tertiary/aromatic N) is 1. The second-order valence-electron chi connectivity index (χ2n) is 7.99. The fraction of sp³-hybridized carbons (Fsp3) is 0.550. The lowest BCUT2D eigenvalue weighted by atomic mass is 9.97. The lowest BCUT2D eigenvalue weighted by Crippen LogP contribution is -2.59. The quantitative estimate of drug-likeness (QED) is 0.123. The van der Waals surface area contributed by atoms with Crippen LogP contribution in [0.3, 0.4) is 0 Å². The highest BCUT2D eigenvalue weighted by Crippen LogP contribution is 2.10. The van der Waals surface area contributed by atoms with Gasteiger partial charge in [0.1, 0.15) is 18.1 Å². The second-order valence-corrected chi connectivity index (χ2v) is 7.99. The van der Waals surface area contributed by atoms with Crippen molar-refractivity contribution in [1.29, 1.82) is 0 Å². The number of H-pyrrole nitrogens is 1. The SMILES string of the molecule is CCC(C)C(NC(=O)C(N)CC(N)=O)C(=O)NC(Cc1cnc[nH]1)C(=O)NC(CC(=O)O)C(=O)O. The highest BCUT2D eigenvalue weighted by molar-refractivity contribution is 5.95. The van der Waals surface area contributed by atoms with E-state index in [9.17, 15) is 33.9 Å². The maximum atomic E-state index is 13.1. The third kappa shape index (κ3) is 9.79. The Kier molecular flexibility index (Phi) is 11.3. The molecule has 5 unspecified atom stereocenters. The Hall–Kier alpha value is -4.01. The zero-order valence-corrected chi connectivity index (χ0v) is 19.3. The summed E-state index contributed by atoms with van der Waals surface area (Å²) in [5.74, 6) is -6.77. The molecule has 1 heterocycles. The van der Waals surface area contributed by atoms with Gasteiger partial charge in [-0.15, -0.1) is 0 Å². The van der Waals surface area contributed by atoms with Gasteiger partial charge in [-0.2, -0.15) is 0 Å². The number of carbonyl (C=O) groups excluding carboxylic acids is 4. The first kappa shape index (κ1) is 29.0. The smallest absolute Gasteiger partial charge is 0.326 e. The highest BCUT2D eigenvalue weighted by Gasteiger charge is 2.33. The molecule has 0 bridgehead atoms. The van der Waals surface area contributed by atoms with E-state index in [2.05, 4.69) is 25.9 Å². The van der Waals surface area contributed by atoms with Crippen molar-refractivity contribution in [2.75, 3.05) is 0 Å². The standard InChI is InChI=1S/C20H31N7O8/c1-3-9(2)16(27-17(31)11(21)5-14(22)28)19(33)25-12(4-10-7-23-8-24-10)18(32)26-13(20(34)35)6-15(29)30/h7-9,11-13,16H,3-6,21H2,1-2H3,(H2,22,28)(H,23,24)(H,25,33)(H,26,32)(H,27,31)(H,29,30)(H,34,35). The molecule has 15 nitrogen and oxygen atoms in total. The van der Waals surface area contributed by atoms with Gasteiger partial charge in [-0.25, -0.2) is 9.78 Å². The number of hydrogen-bond donors (Lipinski definition) is 8. The number of imidazole rings is 1. The molecule has 0 saturated carbocycles. The molecule has 35 heavy (non-hydrogen) atoms. The number of aliphatic carboxylic acids is 2. The molecule has 1 aromatic heterocycles. The van der Waals surface area contributed by atoms with Crippen molar-refractivity contribution in [2.24, 2.45) is 17.4 Å². The maximum absolute atomic E-state index is 13.1. The van der Waals surface area contributed by atoms with Crippen LogP contribution in [-0.2, 0) is 35.2 Å². The number of hydrogen-bond acceptors (Lipinski definition) is 8. The number of primary amides is 1. The van der Waals surface area contributed by atoms with Crippen LogP contribution in [0.5, 0.6) is 0 Å². The third-order valence-electron chi connectivity index (χ3n) is 5.16. The molecule has 0 fully saturated rings. The van der Waals surface area contributed by atoms with Crippen molar-refractivity contribution >= 4 is 35.6 Å². The van der Waals surface area contributed by atoms with Crippen molar-refractivity contribution in [2.45, 2.75) is 63.7 Å². The summed E-state index contributed by atoms with van der Waals surface area (Å²) in [7, 11) is 0. The maximum Gasteiger partial charge on any atom is 0.326 e. The number of carbonyl (C=O) groups is 6. The molecular formula is C20H31N7O8. The fourth-order valence-corrected chi connectivity index (χ4v) is 3.01. The van der Waals surface area contributed by atoms with Gasteiger partial charge in [0.05, 0.1) is 25.2 Å². The predicted octanol–water partition coefficient (Wildman–Crippen LogP) is -2.79. The Labute approximate surface area is 200 Å². The van der Waals surface area contributed by atoms with E-state index in [4.69, 9.17) is 16.6 Å². The Balaban J connectivity index is 3.10. The second kappa shape index (κ2) is 13.6. The minimum absolute atomic E-state index is 0.140. The highest BCUT2D eigenvalue weighted by atomic mass is 16.4. The molecule has 0 aliphatic carbocycles.